The van der Waals surface area contributed by atoms with E-state index >= 15 is 0 Å². The molecule has 0 unspecified atom stereocenters. The third-order valence-corrected chi connectivity index (χ3v) is 4.01. The minimum atomic E-state index is -3.28. The fraction of sp³-hybridized carbons (Fsp3) is 0.300. The molecule has 2 aromatic rings. The molecule has 0 amide bonds. The molecule has 0 saturated carbocycles. The van der Waals surface area contributed by atoms with E-state index in [4.69, 9.17) is 0 Å². The summed E-state index contributed by atoms with van der Waals surface area (Å²) >= 11 is 0. The average Bonchev–Trinajstić information content (AvgIpc) is 2.79. The predicted molar refractivity (Wildman–Crippen MR) is 74.1 cm³/mol. The lowest BCUT2D eigenvalue weighted by Gasteiger charge is -2.02. The van der Waals surface area contributed by atoms with Crippen LogP contribution in [0, 0.1) is 10.1 Å². The number of sulfonamides is 1. The van der Waals surface area contributed by atoms with Gasteiger partial charge in [0.05, 0.1) is 21.7 Å². The molecule has 3 N–H and O–H groups in total. The number of nitrogens with zero attached hydrogens (tertiary/aromatic N) is 2. The van der Waals surface area contributed by atoms with Gasteiger partial charge in [0.1, 0.15) is 0 Å². The number of fused-ring (bicyclic) bond motifs is 1. The number of imidazole rings is 1. The number of non-ortho nitro benzene ring substituents is 1. The summed E-state index contributed by atoms with van der Waals surface area (Å²) in [6, 6.07) is 4.26. The molecule has 0 radical (unpaired) electrons. The van der Waals surface area contributed by atoms with E-state index in [1.54, 1.807) is 0 Å². The molecule has 20 heavy (non-hydrogen) atoms. The van der Waals surface area contributed by atoms with Crippen LogP contribution in [0.3, 0.4) is 0 Å². The molecule has 1 aromatic heterocycles. The Morgan fingerprint density at radius 3 is 2.85 bits per heavy atom. The van der Waals surface area contributed by atoms with Crippen LogP contribution in [0.2, 0.25) is 0 Å². The van der Waals surface area contributed by atoms with E-state index in [0.29, 0.717) is 17.0 Å². The highest BCUT2D eigenvalue weighted by Crippen LogP contribution is 2.20. The molecule has 108 valence electrons. The number of aromatic nitrogens is 2. The van der Waals surface area contributed by atoms with Crippen molar-refractivity contribution in [3.63, 3.8) is 0 Å². The fourth-order valence-electron chi connectivity index (χ4n) is 1.60. The van der Waals surface area contributed by atoms with Crippen molar-refractivity contribution < 1.29 is 13.3 Å². The number of anilines is 1. The molecule has 0 aliphatic heterocycles. The molecule has 0 saturated heterocycles. The molecule has 10 heteroatoms. The SMILES string of the molecule is CNS(=O)(=O)CCNc1nc2ccc([N+](=O)[O-])cc2[nH]1. The second-order valence-corrected chi connectivity index (χ2v) is 6.04. The van der Waals surface area contributed by atoms with Gasteiger partial charge in [-0.05, 0) is 13.1 Å². The molecule has 0 aliphatic rings. The first-order chi connectivity index (χ1) is 9.41. The zero-order valence-corrected chi connectivity index (χ0v) is 11.4. The number of rotatable bonds is 6. The number of nitro benzene ring substituents is 1. The fourth-order valence-corrected chi connectivity index (χ4v) is 2.18. The van der Waals surface area contributed by atoms with Gasteiger partial charge in [-0.3, -0.25) is 10.1 Å². The Morgan fingerprint density at radius 2 is 2.20 bits per heavy atom. The van der Waals surface area contributed by atoms with Crippen molar-refractivity contribution in [3.05, 3.63) is 28.3 Å². The number of hydrogen-bond acceptors (Lipinski definition) is 6. The standard InChI is InChI=1S/C10H13N5O4S/c1-11-20(18,19)5-4-12-10-13-8-3-2-7(15(16)17)6-9(8)14-10/h2-3,6,11H,4-5H2,1H3,(H2,12,13,14). The zero-order valence-electron chi connectivity index (χ0n) is 10.6. The first-order valence-corrected chi connectivity index (χ1v) is 7.36. The van der Waals surface area contributed by atoms with Crippen LogP contribution in [0.4, 0.5) is 11.6 Å². The van der Waals surface area contributed by atoms with Gasteiger partial charge < -0.3 is 10.3 Å². The number of nitrogens with one attached hydrogen (secondary N) is 3. The predicted octanol–water partition coefficient (Wildman–Crippen LogP) is 0.432. The highest BCUT2D eigenvalue weighted by molar-refractivity contribution is 7.89. The van der Waals surface area contributed by atoms with E-state index < -0.39 is 14.9 Å². The summed E-state index contributed by atoms with van der Waals surface area (Å²) in [5.74, 6) is 0.271. The Hall–Kier alpha value is -2.20. The average molecular weight is 299 g/mol. The van der Waals surface area contributed by atoms with Crippen molar-refractivity contribution in [1.82, 2.24) is 14.7 Å². The van der Waals surface area contributed by atoms with Crippen LogP contribution in [-0.2, 0) is 10.0 Å². The molecule has 1 aromatic carbocycles. The number of aromatic amines is 1. The minimum Gasteiger partial charge on any atom is -0.355 e. The minimum absolute atomic E-state index is 0.0366. The molecule has 0 atom stereocenters. The van der Waals surface area contributed by atoms with Crippen LogP contribution < -0.4 is 10.0 Å². The van der Waals surface area contributed by atoms with Gasteiger partial charge in [-0.15, -0.1) is 0 Å². The largest absolute Gasteiger partial charge is 0.355 e. The van der Waals surface area contributed by atoms with E-state index in [-0.39, 0.29) is 18.0 Å². The van der Waals surface area contributed by atoms with Gasteiger partial charge >= 0.3 is 0 Å². The maximum absolute atomic E-state index is 11.2. The van der Waals surface area contributed by atoms with Gasteiger partial charge in [0.25, 0.3) is 5.69 Å². The van der Waals surface area contributed by atoms with Gasteiger partial charge in [0.15, 0.2) is 0 Å². The lowest BCUT2D eigenvalue weighted by atomic mass is 10.3. The molecule has 0 aliphatic carbocycles. The van der Waals surface area contributed by atoms with Crippen molar-refractivity contribution in [2.24, 2.45) is 0 Å². The van der Waals surface area contributed by atoms with E-state index in [1.165, 1.54) is 25.2 Å². The number of nitro groups is 1. The van der Waals surface area contributed by atoms with Crippen LogP contribution in [0.15, 0.2) is 18.2 Å². The van der Waals surface area contributed by atoms with Gasteiger partial charge in [-0.25, -0.2) is 18.1 Å². The van der Waals surface area contributed by atoms with Crippen LogP contribution in [-0.4, -0.2) is 42.7 Å². The van der Waals surface area contributed by atoms with Crippen LogP contribution in [0.5, 0.6) is 0 Å². The highest BCUT2D eigenvalue weighted by Gasteiger charge is 2.10. The molecule has 1 heterocycles. The van der Waals surface area contributed by atoms with E-state index in [0.717, 1.165) is 0 Å². The van der Waals surface area contributed by atoms with Gasteiger partial charge in [-0.1, -0.05) is 0 Å². The summed E-state index contributed by atoms with van der Waals surface area (Å²) in [7, 11) is -1.94. The number of H-pyrrole nitrogens is 1. The smallest absolute Gasteiger partial charge is 0.271 e. The van der Waals surface area contributed by atoms with Crippen molar-refractivity contribution in [3.8, 4) is 0 Å². The number of benzene rings is 1. The van der Waals surface area contributed by atoms with E-state index in [9.17, 15) is 18.5 Å². The quantitative estimate of drug-likeness (QED) is 0.524. The zero-order chi connectivity index (χ0) is 14.8. The lowest BCUT2D eigenvalue weighted by molar-refractivity contribution is -0.384. The molecule has 2 rings (SSSR count). The first kappa shape index (κ1) is 14.2. The summed E-state index contributed by atoms with van der Waals surface area (Å²) in [4.78, 5) is 17.2. The van der Waals surface area contributed by atoms with Gasteiger partial charge in [0.2, 0.25) is 16.0 Å². The van der Waals surface area contributed by atoms with Crippen molar-refractivity contribution in [1.29, 1.82) is 0 Å². The summed E-state index contributed by atoms with van der Waals surface area (Å²) in [5.41, 5.74) is 1.04. The van der Waals surface area contributed by atoms with Crippen LogP contribution in [0.25, 0.3) is 11.0 Å². The summed E-state index contributed by atoms with van der Waals surface area (Å²) in [5, 5.41) is 13.5. The molecule has 0 bridgehead atoms. The Kier molecular flexibility index (Phi) is 3.86. The molecular weight excluding hydrogens is 286 g/mol. The van der Waals surface area contributed by atoms with Crippen molar-refractivity contribution >= 4 is 32.7 Å². The Balaban J connectivity index is 2.10. The van der Waals surface area contributed by atoms with Gasteiger partial charge in [0, 0.05) is 18.7 Å². The maximum Gasteiger partial charge on any atom is 0.271 e. The Morgan fingerprint density at radius 1 is 1.45 bits per heavy atom. The maximum atomic E-state index is 11.2. The second kappa shape index (κ2) is 5.43. The Bertz CT molecular complexity index is 739. The first-order valence-electron chi connectivity index (χ1n) is 5.70. The van der Waals surface area contributed by atoms with E-state index in [1.807, 2.05) is 0 Å². The topological polar surface area (TPSA) is 130 Å². The highest BCUT2D eigenvalue weighted by atomic mass is 32.2. The third-order valence-electron chi connectivity index (χ3n) is 2.65. The molecule has 0 spiro atoms. The van der Waals surface area contributed by atoms with Gasteiger partial charge in [-0.2, -0.15) is 0 Å². The van der Waals surface area contributed by atoms with Crippen molar-refractivity contribution in [2.45, 2.75) is 0 Å². The third kappa shape index (κ3) is 3.22. The van der Waals surface area contributed by atoms with E-state index in [2.05, 4.69) is 20.0 Å². The molecule has 9 nitrogen and oxygen atoms in total. The number of hydrogen-bond donors (Lipinski definition) is 3. The summed E-state index contributed by atoms with van der Waals surface area (Å²) in [6.45, 7) is 0.172. The lowest BCUT2D eigenvalue weighted by Crippen LogP contribution is -2.26. The second-order valence-electron chi connectivity index (χ2n) is 3.99. The Labute approximate surface area is 114 Å². The monoisotopic (exact) mass is 299 g/mol. The van der Waals surface area contributed by atoms with Crippen LogP contribution in [0.1, 0.15) is 0 Å². The molecule has 0 fully saturated rings. The normalized spacial score (nSPS) is 11.7. The summed E-state index contributed by atoms with van der Waals surface area (Å²) in [6.07, 6.45) is 0. The van der Waals surface area contributed by atoms with Crippen molar-refractivity contribution in [2.75, 3.05) is 24.7 Å². The van der Waals surface area contributed by atoms with Crippen LogP contribution >= 0.6 is 0 Å². The molecular formula is C10H13N5O4S. The summed E-state index contributed by atoms with van der Waals surface area (Å²) < 4.78 is 24.6.